The Hall–Kier alpha value is -1.10. The first-order valence-corrected chi connectivity index (χ1v) is 6.06. The van der Waals surface area contributed by atoms with Gasteiger partial charge in [0.25, 0.3) is 5.91 Å². The van der Waals surface area contributed by atoms with Gasteiger partial charge in [0, 0.05) is 17.2 Å². The van der Waals surface area contributed by atoms with Crippen molar-refractivity contribution >= 4 is 27.7 Å². The Balaban J connectivity index is 1.99. The van der Waals surface area contributed by atoms with Gasteiger partial charge in [-0.25, -0.2) is 4.98 Å². The molecule has 0 aromatic carbocycles. The number of hydrogen-bond donors (Lipinski definition) is 2. The zero-order valence-electron chi connectivity index (χ0n) is 9.03. The molecule has 1 heterocycles. The van der Waals surface area contributed by atoms with Gasteiger partial charge in [-0.3, -0.25) is 4.79 Å². The molecule has 3 N–H and O–H groups in total. The highest BCUT2D eigenvalue weighted by Crippen LogP contribution is 2.36. The third-order valence-corrected chi connectivity index (χ3v) is 3.36. The number of hydrogen-bond acceptors (Lipinski definition) is 3. The molecule has 1 aliphatic carbocycles. The Morgan fingerprint density at radius 1 is 1.75 bits per heavy atom. The van der Waals surface area contributed by atoms with E-state index in [1.165, 1.54) is 6.42 Å². The highest BCUT2D eigenvalue weighted by molar-refractivity contribution is 9.10. The summed E-state index contributed by atoms with van der Waals surface area (Å²) in [6.07, 6.45) is 2.78. The summed E-state index contributed by atoms with van der Waals surface area (Å²) >= 11 is 3.27. The predicted octanol–water partition coefficient (Wildman–Crippen LogP) is 1.81. The number of rotatable bonds is 3. The second-order valence-electron chi connectivity index (χ2n) is 4.27. The van der Waals surface area contributed by atoms with Gasteiger partial charge in [-0.1, -0.05) is 6.92 Å². The van der Waals surface area contributed by atoms with Gasteiger partial charge in [-0.05, 0) is 40.3 Å². The van der Waals surface area contributed by atoms with E-state index in [-0.39, 0.29) is 11.7 Å². The summed E-state index contributed by atoms with van der Waals surface area (Å²) < 4.78 is 0.756. The van der Waals surface area contributed by atoms with Crippen molar-refractivity contribution in [3.8, 4) is 0 Å². The average Bonchev–Trinajstić information content (AvgIpc) is 2.95. The Morgan fingerprint density at radius 2 is 2.44 bits per heavy atom. The van der Waals surface area contributed by atoms with Crippen molar-refractivity contribution in [2.75, 3.05) is 12.3 Å². The lowest BCUT2D eigenvalue weighted by Crippen LogP contribution is -2.27. The summed E-state index contributed by atoms with van der Waals surface area (Å²) in [7, 11) is 0. The molecule has 0 bridgehead atoms. The lowest BCUT2D eigenvalue weighted by molar-refractivity contribution is 0.0952. The fourth-order valence-corrected chi connectivity index (χ4v) is 1.97. The maximum atomic E-state index is 11.8. The highest BCUT2D eigenvalue weighted by Gasteiger charge is 2.32. The molecule has 0 radical (unpaired) electrons. The van der Waals surface area contributed by atoms with E-state index >= 15 is 0 Å². The molecule has 0 saturated heterocycles. The van der Waals surface area contributed by atoms with E-state index in [2.05, 4.69) is 33.2 Å². The quantitative estimate of drug-likeness (QED) is 0.889. The van der Waals surface area contributed by atoms with Gasteiger partial charge in [0.2, 0.25) is 0 Å². The van der Waals surface area contributed by atoms with Crippen molar-refractivity contribution < 1.29 is 4.79 Å². The number of pyridine rings is 1. The van der Waals surface area contributed by atoms with Crippen molar-refractivity contribution in [1.82, 2.24) is 10.3 Å². The van der Waals surface area contributed by atoms with Gasteiger partial charge < -0.3 is 11.1 Å². The van der Waals surface area contributed by atoms with E-state index < -0.39 is 0 Å². The number of amides is 1. The molecule has 0 aliphatic heterocycles. The average molecular weight is 284 g/mol. The molecule has 1 aromatic heterocycles. The minimum Gasteiger partial charge on any atom is -0.383 e. The molecule has 86 valence electrons. The standard InChI is InChI=1S/C11H14BrN3O/c1-6-2-7(6)4-15-11(16)9-3-8(12)5-14-10(9)13/h3,5-7H,2,4H2,1H3,(H2,13,14)(H,15,16). The van der Waals surface area contributed by atoms with E-state index in [0.29, 0.717) is 11.5 Å². The second-order valence-corrected chi connectivity index (χ2v) is 5.19. The molecular formula is C11H14BrN3O. The first-order valence-electron chi connectivity index (χ1n) is 5.27. The largest absolute Gasteiger partial charge is 0.383 e. The number of carbonyl (C=O) groups excluding carboxylic acids is 1. The van der Waals surface area contributed by atoms with Crippen molar-refractivity contribution in [2.24, 2.45) is 11.8 Å². The van der Waals surface area contributed by atoms with Crippen LogP contribution in [0.3, 0.4) is 0 Å². The predicted molar refractivity (Wildman–Crippen MR) is 66.0 cm³/mol. The smallest absolute Gasteiger partial charge is 0.255 e. The zero-order valence-corrected chi connectivity index (χ0v) is 10.6. The molecule has 1 aromatic rings. The van der Waals surface area contributed by atoms with Gasteiger partial charge in [-0.2, -0.15) is 0 Å². The minimum atomic E-state index is -0.148. The minimum absolute atomic E-state index is 0.148. The van der Waals surface area contributed by atoms with Crippen LogP contribution in [0.15, 0.2) is 16.7 Å². The highest BCUT2D eigenvalue weighted by atomic mass is 79.9. The first-order chi connectivity index (χ1) is 7.58. The summed E-state index contributed by atoms with van der Waals surface area (Å²) in [5.41, 5.74) is 6.08. The molecule has 1 saturated carbocycles. The SMILES string of the molecule is CC1CC1CNC(=O)c1cc(Br)cnc1N. The van der Waals surface area contributed by atoms with Crippen LogP contribution in [0.1, 0.15) is 23.7 Å². The third-order valence-electron chi connectivity index (χ3n) is 2.93. The van der Waals surface area contributed by atoms with E-state index in [9.17, 15) is 4.79 Å². The van der Waals surface area contributed by atoms with Crippen LogP contribution in [0.25, 0.3) is 0 Å². The van der Waals surface area contributed by atoms with Gasteiger partial charge in [0.05, 0.1) is 5.56 Å². The Bertz CT molecular complexity index is 422. The first kappa shape index (κ1) is 11.4. The van der Waals surface area contributed by atoms with Crippen LogP contribution < -0.4 is 11.1 Å². The number of aromatic nitrogens is 1. The molecule has 2 unspecified atom stereocenters. The van der Waals surface area contributed by atoms with Crippen LogP contribution in [0.2, 0.25) is 0 Å². The van der Waals surface area contributed by atoms with Crippen LogP contribution >= 0.6 is 15.9 Å². The van der Waals surface area contributed by atoms with Crippen LogP contribution in [-0.4, -0.2) is 17.4 Å². The molecule has 1 fully saturated rings. The molecule has 1 amide bonds. The molecule has 16 heavy (non-hydrogen) atoms. The van der Waals surface area contributed by atoms with Crippen LogP contribution in [0.4, 0.5) is 5.82 Å². The molecule has 0 spiro atoms. The summed E-state index contributed by atoms with van der Waals surface area (Å²) in [6, 6.07) is 1.69. The molecular weight excluding hydrogens is 270 g/mol. The number of nitrogens with zero attached hydrogens (tertiary/aromatic N) is 1. The lowest BCUT2D eigenvalue weighted by atomic mass is 10.2. The van der Waals surface area contributed by atoms with Crippen LogP contribution in [0.5, 0.6) is 0 Å². The number of carbonyl (C=O) groups is 1. The number of nitrogens with two attached hydrogens (primary N) is 1. The molecule has 2 rings (SSSR count). The van der Waals surface area contributed by atoms with E-state index in [1.54, 1.807) is 12.3 Å². The maximum absolute atomic E-state index is 11.8. The normalized spacial score (nSPS) is 22.9. The molecule has 1 aliphatic rings. The van der Waals surface area contributed by atoms with Crippen molar-refractivity contribution in [2.45, 2.75) is 13.3 Å². The topological polar surface area (TPSA) is 68.0 Å². The number of nitrogens with one attached hydrogen (secondary N) is 1. The van der Waals surface area contributed by atoms with Gasteiger partial charge in [-0.15, -0.1) is 0 Å². The fourth-order valence-electron chi connectivity index (χ4n) is 1.63. The van der Waals surface area contributed by atoms with Gasteiger partial charge >= 0.3 is 0 Å². The van der Waals surface area contributed by atoms with E-state index in [1.807, 2.05) is 0 Å². The third kappa shape index (κ3) is 2.52. The number of anilines is 1. The summed E-state index contributed by atoms with van der Waals surface area (Å²) in [5, 5.41) is 2.88. The summed E-state index contributed by atoms with van der Waals surface area (Å²) in [6.45, 7) is 2.91. The Morgan fingerprint density at radius 3 is 3.06 bits per heavy atom. The molecule has 5 heteroatoms. The number of halogens is 1. The Kier molecular flexibility index (Phi) is 3.14. The van der Waals surface area contributed by atoms with Crippen molar-refractivity contribution in [3.63, 3.8) is 0 Å². The summed E-state index contributed by atoms with van der Waals surface area (Å²) in [4.78, 5) is 15.7. The second kappa shape index (κ2) is 4.41. The zero-order chi connectivity index (χ0) is 11.7. The van der Waals surface area contributed by atoms with E-state index in [0.717, 1.165) is 16.9 Å². The summed E-state index contributed by atoms with van der Waals surface area (Å²) in [5.74, 6) is 1.48. The Labute approximate surface area is 103 Å². The molecule has 2 atom stereocenters. The monoisotopic (exact) mass is 283 g/mol. The van der Waals surface area contributed by atoms with E-state index in [4.69, 9.17) is 5.73 Å². The van der Waals surface area contributed by atoms with Crippen molar-refractivity contribution in [1.29, 1.82) is 0 Å². The van der Waals surface area contributed by atoms with Crippen LogP contribution in [-0.2, 0) is 0 Å². The van der Waals surface area contributed by atoms with Crippen LogP contribution in [0, 0.1) is 11.8 Å². The fraction of sp³-hybridized carbons (Fsp3) is 0.455. The van der Waals surface area contributed by atoms with Crippen molar-refractivity contribution in [3.05, 3.63) is 22.3 Å². The van der Waals surface area contributed by atoms with Gasteiger partial charge in [0.15, 0.2) is 0 Å². The van der Waals surface area contributed by atoms with Gasteiger partial charge in [0.1, 0.15) is 5.82 Å². The number of nitrogen functional groups attached to an aromatic ring is 1. The molecule has 4 nitrogen and oxygen atoms in total. The lowest BCUT2D eigenvalue weighted by Gasteiger charge is -2.06. The maximum Gasteiger partial charge on any atom is 0.255 e.